The third-order valence-corrected chi connectivity index (χ3v) is 5.93. The van der Waals surface area contributed by atoms with Crippen LogP contribution in [0.3, 0.4) is 0 Å². The average molecular weight is 438 g/mol. The number of nitrogens with one attached hydrogen (secondary N) is 2. The molecular weight excluding hydrogens is 402 g/mol. The lowest BCUT2D eigenvalue weighted by Crippen LogP contribution is -2.52. The SMILES string of the molecule is Cc1ccc([C@H](CNC(=O)[C@H](NC(=O)c2cccc(C)c2)C(C)C)N2CCOCC2)cc1. The minimum Gasteiger partial charge on any atom is -0.379 e. The molecule has 1 heterocycles. The molecule has 1 saturated heterocycles. The van der Waals surface area contributed by atoms with Gasteiger partial charge in [-0.1, -0.05) is 61.4 Å². The molecule has 2 atom stereocenters. The number of nitrogens with zero attached hydrogens (tertiary/aromatic N) is 1. The zero-order valence-electron chi connectivity index (χ0n) is 19.6. The zero-order valence-corrected chi connectivity index (χ0v) is 19.6. The predicted octanol–water partition coefficient (Wildman–Crippen LogP) is 3.25. The molecule has 172 valence electrons. The van der Waals surface area contributed by atoms with E-state index in [-0.39, 0.29) is 23.8 Å². The molecule has 2 aromatic rings. The molecule has 0 saturated carbocycles. The highest BCUT2D eigenvalue weighted by atomic mass is 16.5. The monoisotopic (exact) mass is 437 g/mol. The average Bonchev–Trinajstić information content (AvgIpc) is 2.79. The molecule has 1 fully saturated rings. The van der Waals surface area contributed by atoms with Crippen molar-refractivity contribution < 1.29 is 14.3 Å². The Morgan fingerprint density at radius 2 is 1.69 bits per heavy atom. The van der Waals surface area contributed by atoms with Crippen molar-refractivity contribution >= 4 is 11.8 Å². The fraction of sp³-hybridized carbons (Fsp3) is 0.462. The van der Waals surface area contributed by atoms with E-state index in [9.17, 15) is 9.59 Å². The minimum absolute atomic E-state index is 0.0371. The number of carbonyl (C=O) groups is 2. The number of rotatable bonds is 8. The van der Waals surface area contributed by atoms with Crippen molar-refractivity contribution in [3.63, 3.8) is 0 Å². The van der Waals surface area contributed by atoms with Gasteiger partial charge in [0.2, 0.25) is 5.91 Å². The van der Waals surface area contributed by atoms with Crippen LogP contribution in [0.25, 0.3) is 0 Å². The number of benzene rings is 2. The van der Waals surface area contributed by atoms with E-state index in [1.54, 1.807) is 6.07 Å². The van der Waals surface area contributed by atoms with Crippen molar-refractivity contribution in [3.05, 3.63) is 70.8 Å². The van der Waals surface area contributed by atoms with Crippen molar-refractivity contribution in [2.45, 2.75) is 39.8 Å². The van der Waals surface area contributed by atoms with Crippen LogP contribution in [-0.4, -0.2) is 55.6 Å². The first kappa shape index (κ1) is 24.0. The second-order valence-corrected chi connectivity index (χ2v) is 8.88. The van der Waals surface area contributed by atoms with Crippen LogP contribution in [0.5, 0.6) is 0 Å². The van der Waals surface area contributed by atoms with Crippen molar-refractivity contribution in [2.24, 2.45) is 5.92 Å². The molecule has 32 heavy (non-hydrogen) atoms. The van der Waals surface area contributed by atoms with Crippen LogP contribution >= 0.6 is 0 Å². The topological polar surface area (TPSA) is 70.7 Å². The van der Waals surface area contributed by atoms with Gasteiger partial charge in [-0.05, 0) is 37.5 Å². The van der Waals surface area contributed by atoms with Gasteiger partial charge in [-0.2, -0.15) is 0 Å². The molecule has 0 bridgehead atoms. The molecule has 0 radical (unpaired) electrons. The van der Waals surface area contributed by atoms with E-state index >= 15 is 0 Å². The second kappa shape index (κ2) is 11.2. The van der Waals surface area contributed by atoms with E-state index in [0.717, 1.165) is 18.7 Å². The van der Waals surface area contributed by atoms with E-state index in [1.165, 1.54) is 11.1 Å². The molecule has 0 spiro atoms. The van der Waals surface area contributed by atoms with Gasteiger partial charge >= 0.3 is 0 Å². The molecule has 2 N–H and O–H groups in total. The molecule has 0 aromatic heterocycles. The summed E-state index contributed by atoms with van der Waals surface area (Å²) >= 11 is 0. The highest BCUT2D eigenvalue weighted by molar-refractivity contribution is 5.97. The summed E-state index contributed by atoms with van der Waals surface area (Å²) in [6.45, 7) is 11.4. The number of ether oxygens (including phenoxy) is 1. The van der Waals surface area contributed by atoms with Crippen molar-refractivity contribution in [3.8, 4) is 0 Å². The summed E-state index contributed by atoms with van der Waals surface area (Å²) in [6, 6.07) is 15.3. The first-order chi connectivity index (χ1) is 15.3. The van der Waals surface area contributed by atoms with Crippen LogP contribution in [0.15, 0.2) is 48.5 Å². The summed E-state index contributed by atoms with van der Waals surface area (Å²) in [6.07, 6.45) is 0. The fourth-order valence-corrected chi connectivity index (χ4v) is 3.99. The third-order valence-electron chi connectivity index (χ3n) is 5.93. The predicted molar refractivity (Wildman–Crippen MR) is 127 cm³/mol. The summed E-state index contributed by atoms with van der Waals surface area (Å²) in [5.41, 5.74) is 3.95. The Balaban J connectivity index is 1.69. The molecule has 6 heteroatoms. The first-order valence-electron chi connectivity index (χ1n) is 11.4. The van der Waals surface area contributed by atoms with E-state index in [0.29, 0.717) is 25.3 Å². The quantitative estimate of drug-likeness (QED) is 0.665. The van der Waals surface area contributed by atoms with Crippen LogP contribution in [0, 0.1) is 19.8 Å². The molecule has 1 aliphatic rings. The van der Waals surface area contributed by atoms with Gasteiger partial charge in [-0.3, -0.25) is 14.5 Å². The third kappa shape index (κ3) is 6.40. The van der Waals surface area contributed by atoms with Gasteiger partial charge in [0.15, 0.2) is 0 Å². The lowest BCUT2D eigenvalue weighted by atomic mass is 10.0. The van der Waals surface area contributed by atoms with Crippen LogP contribution in [-0.2, 0) is 9.53 Å². The van der Waals surface area contributed by atoms with E-state index in [1.807, 2.05) is 39.0 Å². The van der Waals surface area contributed by atoms with Gasteiger partial charge in [0.05, 0.1) is 19.3 Å². The molecule has 0 aliphatic carbocycles. The standard InChI is InChI=1S/C26H35N3O3/c1-18(2)24(28-25(30)22-7-5-6-20(4)16-22)26(31)27-17-23(29-12-14-32-15-13-29)21-10-8-19(3)9-11-21/h5-11,16,18,23-24H,12-15,17H2,1-4H3,(H,27,31)(H,28,30)/t23-,24+/m0/s1. The van der Waals surface area contributed by atoms with Crippen LogP contribution in [0.2, 0.25) is 0 Å². The Labute approximate surface area is 191 Å². The maximum Gasteiger partial charge on any atom is 0.251 e. The Morgan fingerprint density at radius 1 is 1.00 bits per heavy atom. The molecule has 2 aromatic carbocycles. The van der Waals surface area contributed by atoms with Gasteiger partial charge in [0.25, 0.3) is 5.91 Å². The van der Waals surface area contributed by atoms with E-state index in [2.05, 4.69) is 46.7 Å². The van der Waals surface area contributed by atoms with E-state index in [4.69, 9.17) is 4.74 Å². The normalized spacial score (nSPS) is 16.4. The Morgan fingerprint density at radius 3 is 2.31 bits per heavy atom. The first-order valence-corrected chi connectivity index (χ1v) is 11.4. The Hall–Kier alpha value is -2.70. The maximum atomic E-state index is 13.1. The smallest absolute Gasteiger partial charge is 0.251 e. The van der Waals surface area contributed by atoms with Crippen molar-refractivity contribution in [1.82, 2.24) is 15.5 Å². The lowest BCUT2D eigenvalue weighted by molar-refractivity contribution is -0.124. The fourth-order valence-electron chi connectivity index (χ4n) is 3.99. The van der Waals surface area contributed by atoms with Gasteiger partial charge in [0, 0.05) is 25.2 Å². The summed E-state index contributed by atoms with van der Waals surface area (Å²) in [7, 11) is 0. The van der Waals surface area contributed by atoms with Crippen LogP contribution < -0.4 is 10.6 Å². The summed E-state index contributed by atoms with van der Waals surface area (Å²) in [5, 5.41) is 6.03. The maximum absolute atomic E-state index is 13.1. The largest absolute Gasteiger partial charge is 0.379 e. The van der Waals surface area contributed by atoms with Crippen molar-refractivity contribution in [2.75, 3.05) is 32.8 Å². The minimum atomic E-state index is -0.605. The molecule has 0 unspecified atom stereocenters. The zero-order chi connectivity index (χ0) is 23.1. The van der Waals surface area contributed by atoms with Gasteiger partial charge in [0.1, 0.15) is 6.04 Å². The molecule has 2 amide bonds. The lowest BCUT2D eigenvalue weighted by Gasteiger charge is -2.35. The molecule has 1 aliphatic heterocycles. The van der Waals surface area contributed by atoms with Gasteiger partial charge in [-0.15, -0.1) is 0 Å². The van der Waals surface area contributed by atoms with Crippen LogP contribution in [0.1, 0.15) is 46.9 Å². The molecule has 3 rings (SSSR count). The number of aryl methyl sites for hydroxylation is 2. The van der Waals surface area contributed by atoms with E-state index < -0.39 is 6.04 Å². The van der Waals surface area contributed by atoms with Crippen molar-refractivity contribution in [1.29, 1.82) is 0 Å². The molecule has 6 nitrogen and oxygen atoms in total. The summed E-state index contributed by atoms with van der Waals surface area (Å²) < 4.78 is 5.52. The molecular formula is C26H35N3O3. The number of hydrogen-bond donors (Lipinski definition) is 2. The highest BCUT2D eigenvalue weighted by Gasteiger charge is 2.28. The second-order valence-electron chi connectivity index (χ2n) is 8.88. The van der Waals surface area contributed by atoms with Gasteiger partial charge in [-0.25, -0.2) is 0 Å². The summed E-state index contributed by atoms with van der Waals surface area (Å²) in [5.74, 6) is -0.429. The Kier molecular flexibility index (Phi) is 8.42. The summed E-state index contributed by atoms with van der Waals surface area (Å²) in [4.78, 5) is 28.2. The number of hydrogen-bond acceptors (Lipinski definition) is 4. The number of morpholine rings is 1. The Bertz CT molecular complexity index is 905. The van der Waals surface area contributed by atoms with Crippen LogP contribution in [0.4, 0.5) is 0 Å². The highest BCUT2D eigenvalue weighted by Crippen LogP contribution is 2.22. The van der Waals surface area contributed by atoms with Gasteiger partial charge < -0.3 is 15.4 Å². The number of carbonyl (C=O) groups excluding carboxylic acids is 2. The number of amides is 2.